The molecule has 2 rings (SSSR count). The molecule has 4 nitrogen and oxygen atoms in total. The topological polar surface area (TPSA) is 68.0 Å². The van der Waals surface area contributed by atoms with Crippen LogP contribution in [0, 0.1) is 5.41 Å². The maximum atomic E-state index is 12.1. The summed E-state index contributed by atoms with van der Waals surface area (Å²) in [5, 5.41) is 3.01. The highest BCUT2D eigenvalue weighted by atomic mass is 16.1. The minimum absolute atomic E-state index is 0.0430. The average Bonchev–Trinajstić information content (AvgIpc) is 3.16. The number of anilines is 1. The first-order valence-electron chi connectivity index (χ1n) is 6.63. The lowest BCUT2D eigenvalue weighted by atomic mass is 10.0. The minimum atomic E-state index is -0.0430. The number of amides is 1. The largest absolute Gasteiger partial charge is 0.384 e. The quantitative estimate of drug-likeness (QED) is 0.837. The highest BCUT2D eigenvalue weighted by Gasteiger charge is 2.40. The first-order chi connectivity index (χ1) is 8.58. The van der Waals surface area contributed by atoms with Crippen LogP contribution in [-0.2, 0) is 6.42 Å². The number of pyridine rings is 1. The van der Waals surface area contributed by atoms with Crippen LogP contribution in [0.1, 0.15) is 49.2 Å². The van der Waals surface area contributed by atoms with Gasteiger partial charge in [0.05, 0.1) is 0 Å². The molecule has 1 aliphatic carbocycles. The first-order valence-corrected chi connectivity index (χ1v) is 6.63. The fourth-order valence-corrected chi connectivity index (χ4v) is 2.13. The smallest absolute Gasteiger partial charge is 0.251 e. The lowest BCUT2D eigenvalue weighted by Crippen LogP contribution is -2.30. The van der Waals surface area contributed by atoms with E-state index in [-0.39, 0.29) is 5.91 Å². The van der Waals surface area contributed by atoms with Gasteiger partial charge < -0.3 is 11.1 Å². The number of carbonyl (C=O) groups is 1. The molecule has 0 atom stereocenters. The van der Waals surface area contributed by atoms with E-state index in [1.165, 1.54) is 12.8 Å². The summed E-state index contributed by atoms with van der Waals surface area (Å²) in [4.78, 5) is 16.2. The Morgan fingerprint density at radius 3 is 2.72 bits per heavy atom. The van der Waals surface area contributed by atoms with Gasteiger partial charge in [0.1, 0.15) is 5.82 Å². The summed E-state index contributed by atoms with van der Waals surface area (Å²) in [6, 6.07) is 3.46. The van der Waals surface area contributed by atoms with E-state index in [9.17, 15) is 4.79 Å². The highest BCUT2D eigenvalue weighted by molar-refractivity contribution is 5.94. The average molecular weight is 247 g/mol. The van der Waals surface area contributed by atoms with Gasteiger partial charge in [0.25, 0.3) is 5.91 Å². The van der Waals surface area contributed by atoms with Gasteiger partial charge in [-0.1, -0.05) is 13.8 Å². The third-order valence-corrected chi connectivity index (χ3v) is 3.85. The third-order valence-electron chi connectivity index (χ3n) is 3.85. The van der Waals surface area contributed by atoms with Crippen molar-refractivity contribution in [3.63, 3.8) is 0 Å². The molecule has 1 aromatic heterocycles. The van der Waals surface area contributed by atoms with E-state index < -0.39 is 0 Å². The number of carbonyl (C=O) groups excluding carboxylic acids is 1. The van der Waals surface area contributed by atoms with Crippen LogP contribution in [0.3, 0.4) is 0 Å². The summed E-state index contributed by atoms with van der Waals surface area (Å²) in [6.07, 6.45) is 4.36. The van der Waals surface area contributed by atoms with Crippen molar-refractivity contribution >= 4 is 11.7 Å². The fourth-order valence-electron chi connectivity index (χ4n) is 2.13. The lowest BCUT2D eigenvalue weighted by molar-refractivity contribution is 0.0944. The standard InChI is InChI=1S/C14H21N3O/c1-3-11-7-10(8-12(15)17-11)13(18)16-9-14(4-2)5-6-14/h7-8H,3-6,9H2,1-2H3,(H2,15,17)(H,16,18). The molecule has 0 aliphatic heterocycles. The van der Waals surface area contributed by atoms with Gasteiger partial charge in [0, 0.05) is 17.8 Å². The molecule has 0 spiro atoms. The molecule has 1 amide bonds. The second kappa shape index (κ2) is 4.96. The number of hydrogen-bond donors (Lipinski definition) is 2. The summed E-state index contributed by atoms with van der Waals surface area (Å²) in [5.74, 6) is 0.370. The molecular formula is C14H21N3O. The van der Waals surface area contributed by atoms with Crippen molar-refractivity contribution in [1.82, 2.24) is 10.3 Å². The molecule has 3 N–H and O–H groups in total. The van der Waals surface area contributed by atoms with E-state index >= 15 is 0 Å². The van der Waals surface area contributed by atoms with Gasteiger partial charge in [-0.2, -0.15) is 0 Å². The predicted molar refractivity (Wildman–Crippen MR) is 72.3 cm³/mol. The molecular weight excluding hydrogens is 226 g/mol. The van der Waals surface area contributed by atoms with Crippen molar-refractivity contribution in [2.45, 2.75) is 39.5 Å². The number of aryl methyl sites for hydroxylation is 1. The van der Waals surface area contributed by atoms with Crippen LogP contribution in [-0.4, -0.2) is 17.4 Å². The number of nitrogens with two attached hydrogens (primary N) is 1. The first kappa shape index (κ1) is 12.9. The van der Waals surface area contributed by atoms with Gasteiger partial charge in [-0.05, 0) is 43.2 Å². The summed E-state index contributed by atoms with van der Waals surface area (Å²) in [7, 11) is 0. The Bertz CT molecular complexity index is 452. The van der Waals surface area contributed by atoms with Gasteiger partial charge in [0.2, 0.25) is 0 Å². The molecule has 98 valence electrons. The van der Waals surface area contributed by atoms with Crippen LogP contribution in [0.2, 0.25) is 0 Å². The lowest BCUT2D eigenvalue weighted by Gasteiger charge is -2.13. The second-order valence-corrected chi connectivity index (χ2v) is 5.16. The molecule has 1 aliphatic rings. The summed E-state index contributed by atoms with van der Waals surface area (Å²) >= 11 is 0. The number of nitrogens with one attached hydrogen (secondary N) is 1. The molecule has 1 fully saturated rings. The van der Waals surface area contributed by atoms with Crippen LogP contribution in [0.15, 0.2) is 12.1 Å². The van der Waals surface area contributed by atoms with E-state index in [1.54, 1.807) is 6.07 Å². The minimum Gasteiger partial charge on any atom is -0.384 e. The molecule has 0 bridgehead atoms. The maximum absolute atomic E-state index is 12.1. The molecule has 0 aromatic carbocycles. The summed E-state index contributed by atoms with van der Waals surface area (Å²) in [5.41, 5.74) is 7.54. The number of hydrogen-bond acceptors (Lipinski definition) is 3. The van der Waals surface area contributed by atoms with Crippen molar-refractivity contribution in [1.29, 1.82) is 0 Å². The Hall–Kier alpha value is -1.58. The third kappa shape index (κ3) is 2.81. The summed E-state index contributed by atoms with van der Waals surface area (Å²) in [6.45, 7) is 4.95. The van der Waals surface area contributed by atoms with Crippen LogP contribution >= 0.6 is 0 Å². The number of nitrogen functional groups attached to an aromatic ring is 1. The molecule has 1 heterocycles. The van der Waals surface area contributed by atoms with Crippen molar-refractivity contribution in [3.05, 3.63) is 23.4 Å². The van der Waals surface area contributed by atoms with Gasteiger partial charge in [-0.3, -0.25) is 4.79 Å². The molecule has 0 unspecified atom stereocenters. The zero-order valence-corrected chi connectivity index (χ0v) is 11.1. The summed E-state index contributed by atoms with van der Waals surface area (Å²) < 4.78 is 0. The van der Waals surface area contributed by atoms with Gasteiger partial charge in [-0.25, -0.2) is 4.98 Å². The van der Waals surface area contributed by atoms with Gasteiger partial charge >= 0.3 is 0 Å². The van der Waals surface area contributed by atoms with Crippen molar-refractivity contribution < 1.29 is 4.79 Å². The van der Waals surface area contributed by atoms with E-state index in [0.29, 0.717) is 16.8 Å². The predicted octanol–water partition coefficient (Wildman–Crippen LogP) is 2.15. The zero-order valence-electron chi connectivity index (χ0n) is 11.1. The molecule has 4 heteroatoms. The van der Waals surface area contributed by atoms with E-state index in [1.807, 2.05) is 13.0 Å². The maximum Gasteiger partial charge on any atom is 0.251 e. The van der Waals surface area contributed by atoms with Crippen LogP contribution in [0.25, 0.3) is 0 Å². The SMILES string of the molecule is CCc1cc(C(=O)NCC2(CC)CC2)cc(N)n1. The van der Waals surface area contributed by atoms with Crippen molar-refractivity contribution in [2.24, 2.45) is 5.41 Å². The van der Waals surface area contributed by atoms with E-state index in [0.717, 1.165) is 25.1 Å². The van der Waals surface area contributed by atoms with E-state index in [2.05, 4.69) is 17.2 Å². The molecule has 1 aromatic rings. The van der Waals surface area contributed by atoms with Gasteiger partial charge in [-0.15, -0.1) is 0 Å². The molecule has 0 radical (unpaired) electrons. The monoisotopic (exact) mass is 247 g/mol. The van der Waals surface area contributed by atoms with Crippen LogP contribution in [0.4, 0.5) is 5.82 Å². The molecule has 0 saturated heterocycles. The van der Waals surface area contributed by atoms with Crippen molar-refractivity contribution in [3.8, 4) is 0 Å². The second-order valence-electron chi connectivity index (χ2n) is 5.16. The van der Waals surface area contributed by atoms with Crippen molar-refractivity contribution in [2.75, 3.05) is 12.3 Å². The number of aromatic nitrogens is 1. The van der Waals surface area contributed by atoms with E-state index in [4.69, 9.17) is 5.73 Å². The Kier molecular flexibility index (Phi) is 3.55. The van der Waals surface area contributed by atoms with Crippen LogP contribution < -0.4 is 11.1 Å². The Morgan fingerprint density at radius 1 is 1.44 bits per heavy atom. The normalized spacial score (nSPS) is 16.3. The number of nitrogens with zero attached hydrogens (tertiary/aromatic N) is 1. The Balaban J connectivity index is 2.02. The number of rotatable bonds is 5. The Labute approximate surface area is 108 Å². The van der Waals surface area contributed by atoms with Gasteiger partial charge in [0.15, 0.2) is 0 Å². The molecule has 18 heavy (non-hydrogen) atoms. The molecule has 1 saturated carbocycles. The van der Waals surface area contributed by atoms with Crippen LogP contribution in [0.5, 0.6) is 0 Å². The highest BCUT2D eigenvalue weighted by Crippen LogP contribution is 2.47. The Morgan fingerprint density at radius 2 is 2.17 bits per heavy atom. The fraction of sp³-hybridized carbons (Fsp3) is 0.571. The zero-order chi connectivity index (χ0) is 13.2.